The second-order valence-electron chi connectivity index (χ2n) is 11.2. The third kappa shape index (κ3) is 8.33. The van der Waals surface area contributed by atoms with Crippen LogP contribution in [0, 0.1) is 6.92 Å². The highest BCUT2D eigenvalue weighted by molar-refractivity contribution is 5.96. The Morgan fingerprint density at radius 2 is 1.37 bits per heavy atom. The molecule has 1 fully saturated rings. The summed E-state index contributed by atoms with van der Waals surface area (Å²) in [6, 6.07) is 15.7. The number of rotatable bonds is 15. The second-order valence-corrected chi connectivity index (χ2v) is 11.2. The van der Waals surface area contributed by atoms with Gasteiger partial charge in [-0.15, -0.1) is 0 Å². The van der Waals surface area contributed by atoms with E-state index >= 15 is 0 Å². The van der Waals surface area contributed by atoms with Crippen LogP contribution in [-0.4, -0.2) is 5.78 Å². The van der Waals surface area contributed by atoms with Crippen molar-refractivity contribution in [1.82, 2.24) is 0 Å². The zero-order valence-corrected chi connectivity index (χ0v) is 23.0. The van der Waals surface area contributed by atoms with Crippen LogP contribution in [0.3, 0.4) is 0 Å². The third-order valence-corrected chi connectivity index (χ3v) is 8.42. The average Bonchev–Trinajstić information content (AvgIpc) is 2.88. The maximum atomic E-state index is 12.5. The van der Waals surface area contributed by atoms with Gasteiger partial charge in [0, 0.05) is 12.0 Å². The molecule has 0 atom stereocenters. The van der Waals surface area contributed by atoms with Crippen molar-refractivity contribution in [2.24, 2.45) is 0 Å². The summed E-state index contributed by atoms with van der Waals surface area (Å²) in [5, 5.41) is 0. The molecule has 1 aliphatic rings. The number of unbranched alkanes of at least 4 members (excludes halogenated alkanes) is 6. The normalized spacial score (nSPS) is 15.3. The van der Waals surface area contributed by atoms with Crippen LogP contribution in [0.25, 0.3) is 0 Å². The molecule has 0 N–H and O–H groups in total. The topological polar surface area (TPSA) is 17.1 Å². The highest BCUT2D eigenvalue weighted by Crippen LogP contribution is 2.44. The Balaban J connectivity index is 1.55. The zero-order valence-electron chi connectivity index (χ0n) is 23.0. The van der Waals surface area contributed by atoms with Gasteiger partial charge in [-0.1, -0.05) is 121 Å². The van der Waals surface area contributed by atoms with Crippen LogP contribution in [0.2, 0.25) is 0 Å². The Labute approximate surface area is 216 Å². The van der Waals surface area contributed by atoms with Gasteiger partial charge in [0.1, 0.15) is 0 Å². The van der Waals surface area contributed by atoms with E-state index < -0.39 is 0 Å². The lowest BCUT2D eigenvalue weighted by Gasteiger charge is -2.39. The number of carbonyl (C=O) groups is 1. The van der Waals surface area contributed by atoms with Gasteiger partial charge in [-0.05, 0) is 73.1 Å². The molecule has 0 bridgehead atoms. The molecule has 0 spiro atoms. The zero-order chi connectivity index (χ0) is 24.9. The molecule has 0 heterocycles. The van der Waals surface area contributed by atoms with Crippen LogP contribution < -0.4 is 0 Å². The molecule has 3 rings (SSSR count). The first-order valence-electron chi connectivity index (χ1n) is 14.8. The van der Waals surface area contributed by atoms with Crippen molar-refractivity contribution in [3.8, 4) is 0 Å². The van der Waals surface area contributed by atoms with Gasteiger partial charge in [0.25, 0.3) is 0 Å². The van der Waals surface area contributed by atoms with E-state index in [9.17, 15) is 4.79 Å². The highest BCUT2D eigenvalue weighted by Gasteiger charge is 2.34. The van der Waals surface area contributed by atoms with Crippen molar-refractivity contribution in [2.75, 3.05) is 0 Å². The predicted molar refractivity (Wildman–Crippen MR) is 152 cm³/mol. The van der Waals surface area contributed by atoms with Gasteiger partial charge in [0.2, 0.25) is 0 Å². The first-order chi connectivity index (χ1) is 17.1. The van der Waals surface area contributed by atoms with Crippen molar-refractivity contribution >= 4 is 5.78 Å². The molecule has 2 aromatic rings. The fourth-order valence-corrected chi connectivity index (χ4v) is 6.25. The molecule has 0 amide bonds. The molecule has 1 nitrogen and oxygen atoms in total. The molecule has 2 aromatic carbocycles. The van der Waals surface area contributed by atoms with Crippen LogP contribution in [0.5, 0.6) is 0 Å². The molecule has 35 heavy (non-hydrogen) atoms. The van der Waals surface area contributed by atoms with Gasteiger partial charge >= 0.3 is 0 Å². The first kappa shape index (κ1) is 27.7. The van der Waals surface area contributed by atoms with Crippen LogP contribution in [0.15, 0.2) is 42.5 Å². The fraction of sp³-hybridized carbons (Fsp3) is 0.618. The highest BCUT2D eigenvalue weighted by atomic mass is 16.1. The molecule has 1 heteroatoms. The summed E-state index contributed by atoms with van der Waals surface area (Å²) in [6.07, 6.45) is 21.1. The van der Waals surface area contributed by atoms with E-state index in [4.69, 9.17) is 0 Å². The molecule has 192 valence electrons. The Hall–Kier alpha value is -1.89. The summed E-state index contributed by atoms with van der Waals surface area (Å²) in [7, 11) is 0. The molecule has 0 aliphatic heterocycles. The summed E-state index contributed by atoms with van der Waals surface area (Å²) in [6.45, 7) is 6.89. The van der Waals surface area contributed by atoms with Gasteiger partial charge in [0.15, 0.2) is 5.78 Å². The molecule has 1 aliphatic carbocycles. The minimum absolute atomic E-state index is 0.301. The van der Waals surface area contributed by atoms with E-state index in [0.29, 0.717) is 17.6 Å². The summed E-state index contributed by atoms with van der Waals surface area (Å²) in [5.41, 5.74) is 7.21. The molecule has 1 saturated carbocycles. The smallest absolute Gasteiger partial charge is 0.162 e. The number of aryl methyl sites for hydroxylation is 3. The fourth-order valence-electron chi connectivity index (χ4n) is 6.25. The van der Waals surface area contributed by atoms with Crippen molar-refractivity contribution < 1.29 is 4.79 Å². The summed E-state index contributed by atoms with van der Waals surface area (Å²) in [4.78, 5) is 12.5. The van der Waals surface area contributed by atoms with Gasteiger partial charge in [-0.25, -0.2) is 0 Å². The second kappa shape index (κ2) is 14.6. The van der Waals surface area contributed by atoms with E-state index in [1.165, 1.54) is 100 Å². The molecule has 0 unspecified atom stereocenters. The lowest BCUT2D eigenvalue weighted by atomic mass is 9.65. The molecule has 0 saturated heterocycles. The Bertz CT molecular complexity index is 885. The lowest BCUT2D eigenvalue weighted by molar-refractivity contribution is 0.0979. The Morgan fingerprint density at radius 3 is 2.06 bits per heavy atom. The minimum Gasteiger partial charge on any atom is -0.294 e. The number of carbonyl (C=O) groups excluding carboxylic acids is 1. The minimum atomic E-state index is 0.301. The van der Waals surface area contributed by atoms with Crippen molar-refractivity contribution in [3.05, 3.63) is 70.3 Å². The number of Topliss-reactive ketones (excluding diaryl/α,β-unsaturated/α-hetero) is 1. The van der Waals surface area contributed by atoms with E-state index in [0.717, 1.165) is 24.8 Å². The molecular weight excluding hydrogens is 424 g/mol. The van der Waals surface area contributed by atoms with Crippen LogP contribution in [-0.2, 0) is 18.3 Å². The van der Waals surface area contributed by atoms with Gasteiger partial charge in [-0.3, -0.25) is 4.79 Å². The monoisotopic (exact) mass is 474 g/mol. The van der Waals surface area contributed by atoms with E-state index in [-0.39, 0.29) is 0 Å². The quantitative estimate of drug-likeness (QED) is 0.185. The summed E-state index contributed by atoms with van der Waals surface area (Å²) >= 11 is 0. The van der Waals surface area contributed by atoms with Gasteiger partial charge in [-0.2, -0.15) is 0 Å². The van der Waals surface area contributed by atoms with Crippen LogP contribution in [0.1, 0.15) is 143 Å². The van der Waals surface area contributed by atoms with Gasteiger partial charge in [0.05, 0.1) is 0 Å². The maximum Gasteiger partial charge on any atom is 0.162 e. The predicted octanol–water partition coefficient (Wildman–Crippen LogP) is 10.1. The lowest BCUT2D eigenvalue weighted by Crippen LogP contribution is -2.30. The molecule has 0 aromatic heterocycles. The first-order valence-corrected chi connectivity index (χ1v) is 14.8. The van der Waals surface area contributed by atoms with Crippen molar-refractivity contribution in [2.45, 2.75) is 135 Å². The summed E-state index contributed by atoms with van der Waals surface area (Å²) < 4.78 is 0. The maximum absolute atomic E-state index is 12.5. The standard InChI is InChI=1S/C34H50O/c1-4-6-8-9-11-15-33(35)31-21-18-29(19-22-31)16-17-30-20-23-32(28(3)27-30)34(24-12-7-5-2)25-13-10-14-26-34/h18-23,27H,4-17,24-26H2,1-3H3. The number of hydrogen-bond acceptors (Lipinski definition) is 1. The van der Waals surface area contributed by atoms with Crippen molar-refractivity contribution in [1.29, 1.82) is 0 Å². The average molecular weight is 475 g/mol. The SMILES string of the molecule is CCCCCCCC(=O)c1ccc(CCc2ccc(C3(CCCCC)CCCCC3)c(C)c2)cc1. The molecular formula is C34H50O. The van der Waals surface area contributed by atoms with Crippen LogP contribution >= 0.6 is 0 Å². The largest absolute Gasteiger partial charge is 0.294 e. The number of benzene rings is 2. The Morgan fingerprint density at radius 1 is 0.743 bits per heavy atom. The van der Waals surface area contributed by atoms with E-state index in [1.807, 2.05) is 12.1 Å². The van der Waals surface area contributed by atoms with Gasteiger partial charge < -0.3 is 0 Å². The van der Waals surface area contributed by atoms with E-state index in [2.05, 4.69) is 51.1 Å². The third-order valence-electron chi connectivity index (χ3n) is 8.42. The van der Waals surface area contributed by atoms with E-state index in [1.54, 1.807) is 5.56 Å². The van der Waals surface area contributed by atoms with Crippen LogP contribution in [0.4, 0.5) is 0 Å². The number of hydrogen-bond donors (Lipinski definition) is 0. The van der Waals surface area contributed by atoms with Crippen molar-refractivity contribution in [3.63, 3.8) is 0 Å². The number of ketones is 1. The molecule has 0 radical (unpaired) electrons. The Kier molecular flexibility index (Phi) is 11.6. The summed E-state index contributed by atoms with van der Waals surface area (Å²) in [5.74, 6) is 0.301.